The molecule has 3 heteroatoms. The number of hydrogen-bond donors (Lipinski definition) is 0. The summed E-state index contributed by atoms with van der Waals surface area (Å²) in [5.74, 6) is 0.873. The Labute approximate surface area is 100 Å². The van der Waals surface area contributed by atoms with E-state index in [0.29, 0.717) is 6.61 Å². The first kappa shape index (κ1) is 10.4. The molecule has 1 atom stereocenters. The van der Waals surface area contributed by atoms with Crippen LogP contribution in [0.15, 0.2) is 36.1 Å². The van der Waals surface area contributed by atoms with Crippen LogP contribution in [-0.4, -0.2) is 11.2 Å². The van der Waals surface area contributed by atoms with E-state index in [-0.39, 0.29) is 6.29 Å². The number of aromatic nitrogens is 1. The molecule has 1 aliphatic heterocycles. The van der Waals surface area contributed by atoms with E-state index < -0.39 is 0 Å². The van der Waals surface area contributed by atoms with Crippen LogP contribution in [0, 0.1) is 0 Å². The van der Waals surface area contributed by atoms with Crippen molar-refractivity contribution >= 4 is 17.1 Å². The zero-order chi connectivity index (χ0) is 11.8. The standard InChI is InChI=1S/C14H15NO2/c1-3-16-14-13-8-11-6-4-5-7-12(11)15(13)9-10(2)17-14/h4-9,14H,3H2,1-2H3. The third-order valence-corrected chi connectivity index (χ3v) is 2.94. The van der Waals surface area contributed by atoms with Crippen LogP contribution in [0.5, 0.6) is 0 Å². The second kappa shape index (κ2) is 3.93. The predicted octanol–water partition coefficient (Wildman–Crippen LogP) is 3.52. The van der Waals surface area contributed by atoms with Gasteiger partial charge in [0.25, 0.3) is 0 Å². The molecule has 1 unspecified atom stereocenters. The molecular weight excluding hydrogens is 214 g/mol. The van der Waals surface area contributed by atoms with Crippen molar-refractivity contribution < 1.29 is 9.47 Å². The Balaban J connectivity index is 2.21. The highest BCUT2D eigenvalue weighted by Crippen LogP contribution is 2.33. The fourth-order valence-electron chi connectivity index (χ4n) is 2.23. The summed E-state index contributed by atoms with van der Waals surface area (Å²) >= 11 is 0. The molecule has 1 aromatic carbocycles. The zero-order valence-corrected chi connectivity index (χ0v) is 10.0. The molecule has 0 spiro atoms. The van der Waals surface area contributed by atoms with E-state index in [1.807, 2.05) is 32.2 Å². The van der Waals surface area contributed by atoms with Gasteiger partial charge in [0.1, 0.15) is 5.76 Å². The second-order valence-corrected chi connectivity index (χ2v) is 4.14. The van der Waals surface area contributed by atoms with Gasteiger partial charge < -0.3 is 14.0 Å². The predicted molar refractivity (Wildman–Crippen MR) is 67.3 cm³/mol. The number of allylic oxidation sites excluding steroid dienone is 1. The van der Waals surface area contributed by atoms with Crippen molar-refractivity contribution in [2.24, 2.45) is 0 Å². The van der Waals surface area contributed by atoms with E-state index in [2.05, 4.69) is 22.8 Å². The lowest BCUT2D eigenvalue weighted by Gasteiger charge is -2.24. The molecule has 17 heavy (non-hydrogen) atoms. The molecule has 2 heterocycles. The van der Waals surface area contributed by atoms with Gasteiger partial charge in [0.2, 0.25) is 6.29 Å². The summed E-state index contributed by atoms with van der Waals surface area (Å²) in [5, 5.41) is 1.21. The van der Waals surface area contributed by atoms with Crippen LogP contribution in [0.3, 0.4) is 0 Å². The molecule has 0 amide bonds. The van der Waals surface area contributed by atoms with Crippen LogP contribution in [0.2, 0.25) is 0 Å². The van der Waals surface area contributed by atoms with Crippen LogP contribution in [0.4, 0.5) is 0 Å². The largest absolute Gasteiger partial charge is 0.462 e. The van der Waals surface area contributed by atoms with Crippen LogP contribution >= 0.6 is 0 Å². The minimum absolute atomic E-state index is 0.294. The van der Waals surface area contributed by atoms with Gasteiger partial charge in [-0.1, -0.05) is 18.2 Å². The van der Waals surface area contributed by atoms with Gasteiger partial charge in [-0.05, 0) is 26.0 Å². The van der Waals surface area contributed by atoms with Crippen molar-refractivity contribution in [3.63, 3.8) is 0 Å². The molecular formula is C14H15NO2. The van der Waals surface area contributed by atoms with Crippen molar-refractivity contribution in [2.75, 3.05) is 6.61 Å². The molecule has 3 rings (SSSR count). The quantitative estimate of drug-likeness (QED) is 0.786. The molecule has 0 N–H and O–H groups in total. The molecule has 0 saturated heterocycles. The van der Waals surface area contributed by atoms with E-state index in [4.69, 9.17) is 9.47 Å². The van der Waals surface area contributed by atoms with Crippen molar-refractivity contribution in [3.05, 3.63) is 41.8 Å². The van der Waals surface area contributed by atoms with Gasteiger partial charge in [0, 0.05) is 18.2 Å². The van der Waals surface area contributed by atoms with Crippen LogP contribution < -0.4 is 0 Å². The number of ether oxygens (including phenoxy) is 2. The molecule has 3 nitrogen and oxygen atoms in total. The van der Waals surface area contributed by atoms with Crippen molar-refractivity contribution in [2.45, 2.75) is 20.1 Å². The fraction of sp³-hybridized carbons (Fsp3) is 0.286. The summed E-state index contributed by atoms with van der Waals surface area (Å²) in [6, 6.07) is 10.4. The lowest BCUT2D eigenvalue weighted by Crippen LogP contribution is -2.15. The maximum Gasteiger partial charge on any atom is 0.241 e. The Hall–Kier alpha value is -1.74. The summed E-state index contributed by atoms with van der Waals surface area (Å²) in [6.07, 6.45) is 1.71. The molecule has 0 bridgehead atoms. The number of para-hydroxylation sites is 1. The lowest BCUT2D eigenvalue weighted by molar-refractivity contribution is -0.122. The summed E-state index contributed by atoms with van der Waals surface area (Å²) in [4.78, 5) is 0. The van der Waals surface area contributed by atoms with Gasteiger partial charge in [0.05, 0.1) is 11.2 Å². The first-order chi connectivity index (χ1) is 8.29. The van der Waals surface area contributed by atoms with Gasteiger partial charge in [-0.25, -0.2) is 0 Å². The van der Waals surface area contributed by atoms with E-state index >= 15 is 0 Å². The number of fused-ring (bicyclic) bond motifs is 3. The van der Waals surface area contributed by atoms with Crippen LogP contribution in [0.1, 0.15) is 25.8 Å². The van der Waals surface area contributed by atoms with Crippen molar-refractivity contribution in [1.82, 2.24) is 4.57 Å². The van der Waals surface area contributed by atoms with Gasteiger partial charge in [-0.15, -0.1) is 0 Å². The Bertz CT molecular complexity index is 583. The van der Waals surface area contributed by atoms with Gasteiger partial charge in [-0.3, -0.25) is 0 Å². The fourth-order valence-corrected chi connectivity index (χ4v) is 2.23. The third-order valence-electron chi connectivity index (χ3n) is 2.94. The van der Waals surface area contributed by atoms with Crippen LogP contribution in [0.25, 0.3) is 17.1 Å². The molecule has 88 valence electrons. The van der Waals surface area contributed by atoms with E-state index in [1.54, 1.807) is 0 Å². The maximum absolute atomic E-state index is 5.70. The summed E-state index contributed by atoms with van der Waals surface area (Å²) in [5.41, 5.74) is 2.24. The molecule has 0 radical (unpaired) electrons. The summed E-state index contributed by atoms with van der Waals surface area (Å²) in [7, 11) is 0. The normalized spacial score (nSPS) is 18.7. The first-order valence-corrected chi connectivity index (χ1v) is 5.86. The van der Waals surface area contributed by atoms with Crippen molar-refractivity contribution in [1.29, 1.82) is 0 Å². The van der Waals surface area contributed by atoms with Crippen LogP contribution in [-0.2, 0) is 9.47 Å². The number of hydrogen-bond acceptors (Lipinski definition) is 2. The van der Waals surface area contributed by atoms with Crippen molar-refractivity contribution in [3.8, 4) is 0 Å². The number of benzene rings is 1. The number of nitrogens with zero attached hydrogens (tertiary/aromatic N) is 1. The second-order valence-electron chi connectivity index (χ2n) is 4.14. The molecule has 1 aliphatic rings. The molecule has 0 fully saturated rings. The first-order valence-electron chi connectivity index (χ1n) is 5.86. The highest BCUT2D eigenvalue weighted by Gasteiger charge is 2.23. The average Bonchev–Trinajstić information content (AvgIpc) is 2.69. The van der Waals surface area contributed by atoms with Gasteiger partial charge in [0.15, 0.2) is 0 Å². The Morgan fingerprint density at radius 1 is 1.35 bits per heavy atom. The molecule has 1 aromatic heterocycles. The SMILES string of the molecule is CCOC1OC(C)=Cn2c1cc1ccccc12. The smallest absolute Gasteiger partial charge is 0.241 e. The highest BCUT2D eigenvalue weighted by molar-refractivity contribution is 5.83. The lowest BCUT2D eigenvalue weighted by atomic mass is 10.2. The monoisotopic (exact) mass is 229 g/mol. The third kappa shape index (κ3) is 1.63. The minimum atomic E-state index is -0.294. The molecule has 0 aliphatic carbocycles. The average molecular weight is 229 g/mol. The highest BCUT2D eigenvalue weighted by atomic mass is 16.7. The topological polar surface area (TPSA) is 23.4 Å². The van der Waals surface area contributed by atoms with E-state index in [1.165, 1.54) is 10.9 Å². The molecule has 0 saturated carbocycles. The van der Waals surface area contributed by atoms with Gasteiger partial charge in [-0.2, -0.15) is 0 Å². The Morgan fingerprint density at radius 3 is 3.00 bits per heavy atom. The minimum Gasteiger partial charge on any atom is -0.462 e. The van der Waals surface area contributed by atoms with E-state index in [9.17, 15) is 0 Å². The summed E-state index contributed by atoms with van der Waals surface area (Å²) in [6.45, 7) is 4.56. The zero-order valence-electron chi connectivity index (χ0n) is 10.0. The summed E-state index contributed by atoms with van der Waals surface area (Å²) < 4.78 is 13.5. The van der Waals surface area contributed by atoms with E-state index in [0.717, 1.165) is 11.5 Å². The number of rotatable bonds is 2. The Kier molecular flexibility index (Phi) is 2.41. The molecule has 2 aromatic rings. The van der Waals surface area contributed by atoms with Gasteiger partial charge >= 0.3 is 0 Å². The Morgan fingerprint density at radius 2 is 2.18 bits per heavy atom. The maximum atomic E-state index is 5.70.